The first-order chi connectivity index (χ1) is 18.8. The molecule has 0 bridgehead atoms. The molecule has 200 valence electrons. The molecule has 1 heterocycles. The zero-order valence-corrected chi connectivity index (χ0v) is 22.0. The Morgan fingerprint density at radius 1 is 1.08 bits per heavy atom. The van der Waals surface area contributed by atoms with E-state index in [1.54, 1.807) is 19.1 Å². The Hall–Kier alpha value is -4.99. The van der Waals surface area contributed by atoms with Crippen LogP contribution >= 0.6 is 0 Å². The number of non-ortho nitro benzene ring substituents is 1. The molecule has 0 saturated carbocycles. The van der Waals surface area contributed by atoms with Crippen LogP contribution in [0.3, 0.4) is 0 Å². The van der Waals surface area contributed by atoms with Crippen LogP contribution in [0.5, 0.6) is 5.75 Å². The molecule has 3 aromatic carbocycles. The summed E-state index contributed by atoms with van der Waals surface area (Å²) in [5.41, 5.74) is 3.33. The van der Waals surface area contributed by atoms with Crippen LogP contribution in [-0.4, -0.2) is 42.1 Å². The minimum Gasteiger partial charge on any atom is -0.483 e. The number of nitro benzene ring substituents is 1. The maximum atomic E-state index is 13.2. The Morgan fingerprint density at radius 2 is 1.82 bits per heavy atom. The first-order valence-electron chi connectivity index (χ1n) is 12.5. The number of nitrogens with zero attached hydrogens (tertiary/aromatic N) is 4. The highest BCUT2D eigenvalue weighted by molar-refractivity contribution is 6.32. The molecule has 4 rings (SSSR count). The van der Waals surface area contributed by atoms with Crippen LogP contribution in [0.1, 0.15) is 26.3 Å². The lowest BCUT2D eigenvalue weighted by molar-refractivity contribution is -0.384. The number of nitrogens with one attached hydrogen (secondary N) is 1. The second-order valence-electron chi connectivity index (χ2n) is 8.73. The van der Waals surface area contributed by atoms with Crippen molar-refractivity contribution in [3.63, 3.8) is 0 Å². The number of nitro groups is 1. The highest BCUT2D eigenvalue weighted by Gasteiger charge is 2.29. The van der Waals surface area contributed by atoms with Gasteiger partial charge in [-0.2, -0.15) is 10.1 Å². The van der Waals surface area contributed by atoms with Crippen molar-refractivity contribution in [2.24, 2.45) is 5.10 Å². The van der Waals surface area contributed by atoms with Crippen LogP contribution in [-0.2, 0) is 9.59 Å². The summed E-state index contributed by atoms with van der Waals surface area (Å²) < 4.78 is 5.94. The van der Waals surface area contributed by atoms with Crippen molar-refractivity contribution in [2.75, 3.05) is 34.9 Å². The van der Waals surface area contributed by atoms with Gasteiger partial charge < -0.3 is 15.0 Å². The molecule has 0 radical (unpaired) electrons. The average Bonchev–Trinajstić information content (AvgIpc) is 3.22. The normalized spacial score (nSPS) is 13.8. The third-order valence-electron chi connectivity index (χ3n) is 6.19. The molecule has 1 N–H and O–H groups in total. The fourth-order valence-electron chi connectivity index (χ4n) is 4.17. The number of benzene rings is 3. The van der Waals surface area contributed by atoms with Gasteiger partial charge in [-0.15, -0.1) is 0 Å². The van der Waals surface area contributed by atoms with E-state index in [-0.39, 0.29) is 18.2 Å². The van der Waals surface area contributed by atoms with Crippen LogP contribution in [0.2, 0.25) is 0 Å². The number of hydrogen-bond donors (Lipinski definition) is 1. The molecule has 3 aromatic rings. The van der Waals surface area contributed by atoms with Gasteiger partial charge in [0.2, 0.25) is 0 Å². The highest BCUT2D eigenvalue weighted by Crippen LogP contribution is 2.31. The number of carbonyl (C=O) groups excluding carboxylic acids is 2. The number of hydrazone groups is 1. The molecule has 39 heavy (non-hydrogen) atoms. The molecule has 0 fully saturated rings. The van der Waals surface area contributed by atoms with E-state index in [9.17, 15) is 19.7 Å². The predicted octanol–water partition coefficient (Wildman–Crippen LogP) is 5.26. The summed E-state index contributed by atoms with van der Waals surface area (Å²) in [6.07, 6.45) is 1.71. The van der Waals surface area contributed by atoms with E-state index < -0.39 is 10.8 Å². The zero-order chi connectivity index (χ0) is 27.9. The lowest BCUT2D eigenvalue weighted by Gasteiger charge is -2.22. The van der Waals surface area contributed by atoms with E-state index in [4.69, 9.17) is 4.74 Å². The molecule has 2 amide bonds. The molecule has 1 aliphatic rings. The Morgan fingerprint density at radius 3 is 2.51 bits per heavy atom. The first kappa shape index (κ1) is 27.1. The van der Waals surface area contributed by atoms with Gasteiger partial charge >= 0.3 is 0 Å². The fourth-order valence-corrected chi connectivity index (χ4v) is 4.17. The predicted molar refractivity (Wildman–Crippen MR) is 152 cm³/mol. The lowest BCUT2D eigenvalue weighted by Crippen LogP contribution is -2.23. The quantitative estimate of drug-likeness (QED) is 0.218. The largest absolute Gasteiger partial charge is 0.483 e. The van der Waals surface area contributed by atoms with Crippen LogP contribution < -0.4 is 20.0 Å². The number of hydrogen-bond acceptors (Lipinski definition) is 7. The topological polar surface area (TPSA) is 117 Å². The van der Waals surface area contributed by atoms with Gasteiger partial charge in [0.1, 0.15) is 5.75 Å². The number of amides is 2. The lowest BCUT2D eigenvalue weighted by atomic mass is 10.1. The van der Waals surface area contributed by atoms with E-state index in [1.807, 2.05) is 62.4 Å². The number of para-hydroxylation sites is 1. The molecule has 0 saturated heterocycles. The van der Waals surface area contributed by atoms with E-state index >= 15 is 0 Å². The number of ether oxygens (including phenoxy) is 1. The molecule has 10 heteroatoms. The summed E-state index contributed by atoms with van der Waals surface area (Å²) in [7, 11) is 0. The third kappa shape index (κ3) is 6.30. The van der Waals surface area contributed by atoms with Gasteiger partial charge in [0.25, 0.3) is 17.5 Å². The summed E-state index contributed by atoms with van der Waals surface area (Å²) in [5, 5.41) is 19.5. The molecule has 0 aromatic heterocycles. The SMILES string of the molecule is CCN(CC)c1ccc(/C=C2\C(=O)N(c3ccccc3)N=C2C)c(OCC(=O)Nc2cccc([N+](=O)[O-])c2)c1. The van der Waals surface area contributed by atoms with Gasteiger partial charge in [-0.05, 0) is 57.2 Å². The van der Waals surface area contributed by atoms with Gasteiger partial charge in [0.15, 0.2) is 6.61 Å². The summed E-state index contributed by atoms with van der Waals surface area (Å²) >= 11 is 0. The van der Waals surface area contributed by atoms with Crippen molar-refractivity contribution in [3.8, 4) is 5.75 Å². The monoisotopic (exact) mass is 527 g/mol. The van der Waals surface area contributed by atoms with Crippen molar-refractivity contribution in [1.29, 1.82) is 0 Å². The van der Waals surface area contributed by atoms with Crippen molar-refractivity contribution >= 4 is 46.4 Å². The van der Waals surface area contributed by atoms with Crippen LogP contribution in [0.15, 0.2) is 83.5 Å². The van der Waals surface area contributed by atoms with E-state index in [0.717, 1.165) is 18.8 Å². The van der Waals surface area contributed by atoms with Gasteiger partial charge in [-0.3, -0.25) is 19.7 Å². The molecule has 0 unspecified atom stereocenters. The molecular weight excluding hydrogens is 498 g/mol. The van der Waals surface area contributed by atoms with Crippen molar-refractivity contribution in [2.45, 2.75) is 20.8 Å². The molecule has 10 nitrogen and oxygen atoms in total. The van der Waals surface area contributed by atoms with Gasteiger partial charge in [-0.1, -0.05) is 24.3 Å². The Balaban J connectivity index is 1.59. The first-order valence-corrected chi connectivity index (χ1v) is 12.5. The van der Waals surface area contributed by atoms with Gasteiger partial charge in [0.05, 0.1) is 21.9 Å². The minimum atomic E-state index is -0.529. The Kier molecular flexibility index (Phi) is 8.35. The average molecular weight is 528 g/mol. The highest BCUT2D eigenvalue weighted by atomic mass is 16.6. The molecule has 0 atom stereocenters. The van der Waals surface area contributed by atoms with E-state index in [0.29, 0.717) is 34.0 Å². The second-order valence-corrected chi connectivity index (χ2v) is 8.73. The van der Waals surface area contributed by atoms with Crippen molar-refractivity contribution < 1.29 is 19.2 Å². The maximum absolute atomic E-state index is 13.2. The molecule has 0 spiro atoms. The minimum absolute atomic E-state index is 0.127. The van der Waals surface area contributed by atoms with Crippen molar-refractivity contribution in [1.82, 2.24) is 0 Å². The van der Waals surface area contributed by atoms with Gasteiger partial charge in [-0.25, -0.2) is 0 Å². The summed E-state index contributed by atoms with van der Waals surface area (Å²) in [5.74, 6) is -0.326. The van der Waals surface area contributed by atoms with Crippen LogP contribution in [0.4, 0.5) is 22.7 Å². The fraction of sp³-hybridized carbons (Fsp3) is 0.207. The van der Waals surface area contributed by atoms with Crippen molar-refractivity contribution in [3.05, 3.63) is 94.0 Å². The number of anilines is 3. The molecular formula is C29H29N5O5. The standard InChI is InChI=1S/C29H29N5O5/c1-4-32(5-2)24-15-14-21(16-26-20(3)31-33(29(26)36)23-11-7-6-8-12-23)27(18-24)39-19-28(35)30-22-10-9-13-25(17-22)34(37)38/h6-18H,4-5,19H2,1-3H3,(H,30,35)/b26-16-. The summed E-state index contributed by atoms with van der Waals surface area (Å²) in [6.45, 7) is 7.07. The van der Waals surface area contributed by atoms with E-state index in [1.165, 1.54) is 23.2 Å². The molecule has 0 aliphatic carbocycles. The van der Waals surface area contributed by atoms with Crippen LogP contribution in [0, 0.1) is 10.1 Å². The Bertz CT molecular complexity index is 1450. The smallest absolute Gasteiger partial charge is 0.280 e. The van der Waals surface area contributed by atoms with E-state index in [2.05, 4.69) is 15.3 Å². The maximum Gasteiger partial charge on any atom is 0.280 e. The Labute approximate surface area is 226 Å². The number of carbonyl (C=O) groups is 2. The van der Waals surface area contributed by atoms with Gasteiger partial charge in [0, 0.05) is 48.2 Å². The zero-order valence-electron chi connectivity index (χ0n) is 22.0. The number of rotatable bonds is 10. The second kappa shape index (κ2) is 12.0. The molecule has 1 aliphatic heterocycles. The third-order valence-corrected chi connectivity index (χ3v) is 6.19. The van der Waals surface area contributed by atoms with Crippen LogP contribution in [0.25, 0.3) is 6.08 Å². The summed E-state index contributed by atoms with van der Waals surface area (Å²) in [6, 6.07) is 20.5. The summed E-state index contributed by atoms with van der Waals surface area (Å²) in [4.78, 5) is 38.5.